The first-order valence-corrected chi connectivity index (χ1v) is 12.9. The Morgan fingerprint density at radius 1 is 0.750 bits per heavy atom. The van der Waals surface area contributed by atoms with Crippen molar-refractivity contribution >= 4 is 18.8 Å². The number of hydrogen-bond donors (Lipinski definition) is 0. The topological polar surface area (TPSA) is 39.7 Å². The van der Waals surface area contributed by atoms with Crippen molar-refractivity contribution in [1.82, 2.24) is 9.88 Å². The molecule has 0 amide bonds. The molecule has 0 N–H and O–H groups in total. The summed E-state index contributed by atoms with van der Waals surface area (Å²) in [6.07, 6.45) is 3.67. The molecule has 3 heterocycles. The van der Waals surface area contributed by atoms with Crippen LogP contribution in [0.5, 0.6) is 0 Å². The van der Waals surface area contributed by atoms with E-state index >= 15 is 4.57 Å². The zero-order valence-electron chi connectivity index (χ0n) is 18.3. The van der Waals surface area contributed by atoms with Gasteiger partial charge in [0, 0.05) is 43.8 Å². The summed E-state index contributed by atoms with van der Waals surface area (Å²) in [5.41, 5.74) is 4.13. The molecule has 2 aromatic carbocycles. The summed E-state index contributed by atoms with van der Waals surface area (Å²) < 4.78 is 19.8. The number of pyridine rings is 1. The molecule has 1 unspecified atom stereocenters. The van der Waals surface area contributed by atoms with E-state index in [0.29, 0.717) is 13.1 Å². The van der Waals surface area contributed by atoms with Gasteiger partial charge in [-0.2, -0.15) is 0 Å². The summed E-state index contributed by atoms with van der Waals surface area (Å²) in [4.78, 5) is 7.10. The van der Waals surface area contributed by atoms with E-state index in [4.69, 9.17) is 4.98 Å². The molecule has 0 radical (unpaired) electrons. The van der Waals surface area contributed by atoms with Crippen LogP contribution in [0.25, 0.3) is 0 Å². The number of para-hydroxylation sites is 2. The standard InChI is InChI=1S/C26H29N4OP/c1-22-15-18-28(19-16-22)26(25-14-8-9-17-27-25)32(31)29(23-10-4-2-5-11-23)20-21-30(32)24-12-6-3-7-13-24/h2-14,17,26H,1,15-16,18-21H2. The van der Waals surface area contributed by atoms with E-state index in [9.17, 15) is 0 Å². The molecular formula is C26H29N4OP. The highest BCUT2D eigenvalue weighted by Gasteiger charge is 2.52. The van der Waals surface area contributed by atoms with E-state index < -0.39 is 7.44 Å². The maximum atomic E-state index is 15.5. The fraction of sp³-hybridized carbons (Fsp3) is 0.269. The van der Waals surface area contributed by atoms with E-state index in [-0.39, 0.29) is 5.78 Å². The van der Waals surface area contributed by atoms with Crippen molar-refractivity contribution in [2.75, 3.05) is 35.5 Å². The van der Waals surface area contributed by atoms with Crippen LogP contribution in [0.3, 0.4) is 0 Å². The highest BCUT2D eigenvalue weighted by atomic mass is 31.2. The first-order valence-electron chi connectivity index (χ1n) is 11.3. The Bertz CT molecular complexity index is 1040. The molecule has 0 spiro atoms. The molecule has 1 atom stereocenters. The molecule has 2 aliphatic heterocycles. The van der Waals surface area contributed by atoms with Gasteiger partial charge in [-0.05, 0) is 49.2 Å². The van der Waals surface area contributed by atoms with Crippen LogP contribution < -0.4 is 9.34 Å². The Morgan fingerprint density at radius 2 is 1.28 bits per heavy atom. The second-order valence-electron chi connectivity index (χ2n) is 8.42. The van der Waals surface area contributed by atoms with Gasteiger partial charge in [0.2, 0.25) is 0 Å². The quantitative estimate of drug-likeness (QED) is 0.359. The number of anilines is 2. The van der Waals surface area contributed by atoms with Gasteiger partial charge < -0.3 is 9.34 Å². The summed E-state index contributed by atoms with van der Waals surface area (Å²) in [5.74, 6) is -0.320. The third-order valence-corrected chi connectivity index (χ3v) is 9.92. The second-order valence-corrected chi connectivity index (χ2v) is 11.1. The predicted molar refractivity (Wildman–Crippen MR) is 132 cm³/mol. The largest absolute Gasteiger partial charge is 0.303 e. The monoisotopic (exact) mass is 444 g/mol. The molecule has 32 heavy (non-hydrogen) atoms. The van der Waals surface area contributed by atoms with Gasteiger partial charge >= 0.3 is 0 Å². The molecular weight excluding hydrogens is 415 g/mol. The summed E-state index contributed by atoms with van der Waals surface area (Å²) in [5, 5.41) is 0. The zero-order chi connectivity index (χ0) is 22.0. The molecule has 5 nitrogen and oxygen atoms in total. The minimum absolute atomic E-state index is 0.320. The first kappa shape index (κ1) is 21.0. The number of nitrogens with zero attached hydrogens (tertiary/aromatic N) is 4. The van der Waals surface area contributed by atoms with Crippen LogP contribution in [0.1, 0.15) is 24.3 Å². The van der Waals surface area contributed by atoms with Crippen molar-refractivity contribution in [3.8, 4) is 0 Å². The number of hydrogen-bond acceptors (Lipinski definition) is 3. The van der Waals surface area contributed by atoms with Gasteiger partial charge in [0.05, 0.1) is 5.69 Å². The van der Waals surface area contributed by atoms with Gasteiger partial charge in [0.25, 0.3) is 7.44 Å². The summed E-state index contributed by atoms with van der Waals surface area (Å²) in [6.45, 7) is 7.29. The third kappa shape index (κ3) is 3.76. The second kappa shape index (κ2) is 8.93. The molecule has 0 aliphatic carbocycles. The van der Waals surface area contributed by atoms with Gasteiger partial charge in [-0.25, -0.2) is 0 Å². The van der Waals surface area contributed by atoms with Crippen LogP contribution in [-0.4, -0.2) is 36.1 Å². The van der Waals surface area contributed by atoms with E-state index in [1.165, 1.54) is 5.57 Å². The molecule has 6 heteroatoms. The van der Waals surface area contributed by atoms with Crippen LogP contribution >= 0.6 is 7.44 Å². The third-order valence-electron chi connectivity index (χ3n) is 6.45. The van der Waals surface area contributed by atoms with Gasteiger partial charge in [0.1, 0.15) is 5.78 Å². The molecule has 0 bridgehead atoms. The lowest BCUT2D eigenvalue weighted by Gasteiger charge is -2.44. The zero-order valence-corrected chi connectivity index (χ0v) is 19.1. The van der Waals surface area contributed by atoms with E-state index in [1.807, 2.05) is 60.8 Å². The highest BCUT2D eigenvalue weighted by Crippen LogP contribution is 2.69. The molecule has 5 rings (SSSR count). The molecule has 0 saturated carbocycles. The molecule has 2 saturated heterocycles. The number of rotatable bonds is 5. The lowest BCUT2D eigenvalue weighted by molar-refractivity contribution is 0.228. The summed E-state index contributed by atoms with van der Waals surface area (Å²) >= 11 is 0. The Kier molecular flexibility index (Phi) is 5.86. The molecule has 2 aliphatic rings. The van der Waals surface area contributed by atoms with E-state index in [1.54, 1.807) is 0 Å². The fourth-order valence-electron chi connectivity index (χ4n) is 4.85. The van der Waals surface area contributed by atoms with Crippen LogP contribution in [-0.2, 0) is 4.57 Å². The molecule has 1 aromatic heterocycles. The van der Waals surface area contributed by atoms with Crippen LogP contribution in [0.2, 0.25) is 0 Å². The van der Waals surface area contributed by atoms with Crippen molar-refractivity contribution in [3.05, 3.63) is 103 Å². The molecule has 2 fully saturated rings. The maximum absolute atomic E-state index is 15.5. The van der Waals surface area contributed by atoms with E-state index in [0.717, 1.165) is 43.0 Å². The van der Waals surface area contributed by atoms with Crippen molar-refractivity contribution in [2.45, 2.75) is 18.6 Å². The van der Waals surface area contributed by atoms with Crippen LogP contribution in [0.15, 0.2) is 97.2 Å². The van der Waals surface area contributed by atoms with Crippen LogP contribution in [0.4, 0.5) is 11.4 Å². The summed E-state index contributed by atoms with van der Waals surface area (Å²) in [6, 6.07) is 26.3. The van der Waals surface area contributed by atoms with Crippen molar-refractivity contribution in [1.29, 1.82) is 0 Å². The number of benzene rings is 2. The number of likely N-dealkylation sites (tertiary alicyclic amines) is 1. The first-order chi connectivity index (χ1) is 15.7. The minimum Gasteiger partial charge on any atom is -0.303 e. The van der Waals surface area contributed by atoms with Gasteiger partial charge in [-0.15, -0.1) is 0 Å². The molecule has 3 aromatic rings. The number of piperidine rings is 1. The Balaban J connectivity index is 1.67. The smallest absolute Gasteiger partial charge is 0.285 e. The minimum atomic E-state index is -3.15. The highest BCUT2D eigenvalue weighted by molar-refractivity contribution is 7.67. The Morgan fingerprint density at radius 3 is 1.78 bits per heavy atom. The maximum Gasteiger partial charge on any atom is 0.285 e. The lowest BCUT2D eigenvalue weighted by atomic mass is 10.1. The Hall–Kier alpha value is -2.88. The van der Waals surface area contributed by atoms with Gasteiger partial charge in [0.15, 0.2) is 0 Å². The average molecular weight is 445 g/mol. The Labute approximate surface area is 190 Å². The average Bonchev–Trinajstić information content (AvgIpc) is 3.19. The van der Waals surface area contributed by atoms with E-state index in [2.05, 4.69) is 45.1 Å². The summed E-state index contributed by atoms with van der Waals surface area (Å²) in [7, 11) is -3.15. The van der Waals surface area contributed by atoms with Crippen molar-refractivity contribution in [2.24, 2.45) is 0 Å². The molecule has 164 valence electrons. The normalized spacial score (nSPS) is 19.8. The van der Waals surface area contributed by atoms with Crippen LogP contribution in [0, 0.1) is 0 Å². The SMILES string of the molecule is C=C1CCN(C(c2ccccn2)P2(=O)N(c3ccccc3)CCN2c2ccccc2)CC1. The fourth-order valence-corrected chi connectivity index (χ4v) is 8.47. The van der Waals surface area contributed by atoms with Crippen molar-refractivity contribution < 1.29 is 4.57 Å². The van der Waals surface area contributed by atoms with Gasteiger partial charge in [-0.1, -0.05) is 54.6 Å². The lowest BCUT2D eigenvalue weighted by Crippen LogP contribution is -2.39. The van der Waals surface area contributed by atoms with Gasteiger partial charge in [-0.3, -0.25) is 14.4 Å². The predicted octanol–water partition coefficient (Wildman–Crippen LogP) is 5.95. The number of aromatic nitrogens is 1. The van der Waals surface area contributed by atoms with Crippen molar-refractivity contribution in [3.63, 3.8) is 0 Å².